The van der Waals surface area contributed by atoms with E-state index in [4.69, 9.17) is 0 Å². The van der Waals surface area contributed by atoms with Crippen molar-refractivity contribution < 1.29 is 18.9 Å². The zero-order valence-electron chi connectivity index (χ0n) is 14.2. The van der Waals surface area contributed by atoms with Gasteiger partial charge >= 0.3 is 18.9 Å². The Hall–Kier alpha value is 0.598. The summed E-state index contributed by atoms with van der Waals surface area (Å²) in [7, 11) is -3.53. The van der Waals surface area contributed by atoms with Crippen LogP contribution in [0.25, 0.3) is 0 Å². The van der Waals surface area contributed by atoms with Gasteiger partial charge in [0.2, 0.25) is 0 Å². The van der Waals surface area contributed by atoms with Crippen molar-refractivity contribution in [2.75, 3.05) is 0 Å². The van der Waals surface area contributed by atoms with Gasteiger partial charge in [0.05, 0.1) is 16.1 Å². The van der Waals surface area contributed by atoms with Gasteiger partial charge in [0.1, 0.15) is 0 Å². The first kappa shape index (κ1) is 18.6. The van der Waals surface area contributed by atoms with Crippen LogP contribution < -0.4 is 34.4 Å². The molecule has 1 aromatic rings. The average molecular weight is 289 g/mol. The van der Waals surface area contributed by atoms with Gasteiger partial charge in [-0.15, -0.1) is 0 Å². The molecule has 4 heteroatoms. The molecule has 0 saturated heterocycles. The molecule has 0 aliphatic rings. The minimum atomic E-state index is -1.19. The molecule has 1 rings (SSSR count). The molecule has 0 N–H and O–H groups in total. The van der Waals surface area contributed by atoms with E-state index in [9.17, 15) is 0 Å². The Balaban J connectivity index is 0.00000289. The van der Waals surface area contributed by atoms with Gasteiger partial charge in [0.15, 0.2) is 0 Å². The Kier molecular flexibility index (Phi) is 5.72. The average Bonchev–Trinajstić information content (AvgIpc) is 2.42. The van der Waals surface area contributed by atoms with Gasteiger partial charge in [-0.1, -0.05) is 58.9 Å². The van der Waals surface area contributed by atoms with Crippen LogP contribution in [0, 0.1) is 0 Å². The van der Waals surface area contributed by atoms with Crippen molar-refractivity contribution in [3.8, 4) is 0 Å². The smallest absolute Gasteiger partial charge is 0.213 e. The number of hydrogen-bond donors (Lipinski definition) is 0. The van der Waals surface area contributed by atoms with Crippen molar-refractivity contribution in [1.82, 2.24) is 0 Å². The minimum absolute atomic E-state index is 0. The normalized spacial score (nSPS) is 13.4. The van der Waals surface area contributed by atoms with Crippen molar-refractivity contribution >= 4 is 39.8 Å². The van der Waals surface area contributed by atoms with Gasteiger partial charge in [-0.25, -0.2) is 11.3 Å². The standard InChI is InChI=1S/C14H29Si3.Li/c1-15(2,3)12-10-13(16(4,5)6)14(11-12)17(7,8)9;/h10-11H,1-9H3;/q-1;+1. The molecule has 0 bridgehead atoms. The third-order valence-electron chi connectivity index (χ3n) is 3.37. The second-order valence-corrected chi connectivity index (χ2v) is 23.5. The molecule has 1 aromatic carbocycles. The first-order valence-electron chi connectivity index (χ1n) is 6.65. The molecule has 0 fully saturated rings. The van der Waals surface area contributed by atoms with E-state index in [2.05, 4.69) is 71.1 Å². The van der Waals surface area contributed by atoms with E-state index in [1.807, 2.05) is 0 Å². The molecule has 98 valence electrons. The van der Waals surface area contributed by atoms with Crippen molar-refractivity contribution in [2.24, 2.45) is 0 Å². The van der Waals surface area contributed by atoms with Crippen LogP contribution in [0.2, 0.25) is 58.9 Å². The molecule has 0 nitrogen and oxygen atoms in total. The maximum atomic E-state index is 2.58. The Morgan fingerprint density at radius 2 is 1.17 bits per heavy atom. The Morgan fingerprint density at radius 3 is 1.39 bits per heavy atom. The summed E-state index contributed by atoms with van der Waals surface area (Å²) in [6, 6.07) is 5.15. The minimum Gasteiger partial charge on any atom is -0.213 e. The predicted octanol–water partition coefficient (Wildman–Crippen LogP) is 0.0451. The van der Waals surface area contributed by atoms with Gasteiger partial charge in [-0.05, 0) is 0 Å². The molecular formula is C14H29LiSi3. The summed E-state index contributed by atoms with van der Waals surface area (Å²) >= 11 is 0. The number of rotatable bonds is 3. The molecule has 0 aromatic heterocycles. The maximum Gasteiger partial charge on any atom is 1.00 e. The van der Waals surface area contributed by atoms with Crippen LogP contribution in [0.15, 0.2) is 12.1 Å². The van der Waals surface area contributed by atoms with Crippen molar-refractivity contribution in [2.45, 2.75) is 58.9 Å². The van der Waals surface area contributed by atoms with E-state index in [0.29, 0.717) is 0 Å². The topological polar surface area (TPSA) is 0 Å². The van der Waals surface area contributed by atoms with Crippen LogP contribution in [0.5, 0.6) is 0 Å². The molecule has 0 saturated carbocycles. The van der Waals surface area contributed by atoms with E-state index in [1.165, 1.54) is 0 Å². The fraction of sp³-hybridized carbons (Fsp3) is 0.643. The molecule has 18 heavy (non-hydrogen) atoms. The zero-order valence-corrected chi connectivity index (χ0v) is 17.2. The Morgan fingerprint density at radius 1 is 0.722 bits per heavy atom. The first-order chi connectivity index (χ1) is 7.33. The molecule has 0 unspecified atom stereocenters. The molecule has 0 amide bonds. The van der Waals surface area contributed by atoms with Gasteiger partial charge in [-0.3, -0.25) is 0 Å². The Bertz CT molecular complexity index is 369. The quantitative estimate of drug-likeness (QED) is 0.544. The monoisotopic (exact) mass is 288 g/mol. The predicted molar refractivity (Wildman–Crippen MR) is 91.0 cm³/mol. The molecule has 0 atom stereocenters. The fourth-order valence-electron chi connectivity index (χ4n) is 2.18. The number of hydrogen-bond acceptors (Lipinski definition) is 0. The van der Waals surface area contributed by atoms with Gasteiger partial charge < -0.3 is 0 Å². The summed E-state index contributed by atoms with van der Waals surface area (Å²) in [5.74, 6) is 0. The van der Waals surface area contributed by atoms with Crippen LogP contribution >= 0.6 is 0 Å². The summed E-state index contributed by atoms with van der Waals surface area (Å²) < 4.78 is 0. The molecule has 0 heterocycles. The van der Waals surface area contributed by atoms with Gasteiger partial charge in [0.25, 0.3) is 0 Å². The second kappa shape index (κ2) is 5.53. The largest absolute Gasteiger partial charge is 1.00 e. The van der Waals surface area contributed by atoms with Crippen molar-refractivity contribution in [1.29, 1.82) is 0 Å². The van der Waals surface area contributed by atoms with Crippen molar-refractivity contribution in [3.05, 3.63) is 12.1 Å². The SMILES string of the molecule is C[Si](C)(C)c1cc([Si](C)(C)C)c([Si](C)(C)C)[cH-]1.[Li+]. The summed E-state index contributed by atoms with van der Waals surface area (Å²) in [6.07, 6.45) is 0. The summed E-state index contributed by atoms with van der Waals surface area (Å²) in [6.45, 7) is 22.3. The fourth-order valence-corrected chi connectivity index (χ4v) is 8.81. The van der Waals surface area contributed by atoms with E-state index in [1.54, 1.807) is 15.6 Å². The maximum absolute atomic E-state index is 2.58. The zero-order chi connectivity index (χ0) is 13.6. The van der Waals surface area contributed by atoms with Crippen LogP contribution in [-0.4, -0.2) is 24.2 Å². The summed E-state index contributed by atoms with van der Waals surface area (Å²) in [4.78, 5) is 0. The van der Waals surface area contributed by atoms with E-state index < -0.39 is 24.2 Å². The first-order valence-corrected chi connectivity index (χ1v) is 17.2. The Labute approximate surface area is 129 Å². The second-order valence-electron chi connectivity index (χ2n) is 8.32. The van der Waals surface area contributed by atoms with Crippen LogP contribution in [0.3, 0.4) is 0 Å². The molecule has 0 aliphatic heterocycles. The van der Waals surface area contributed by atoms with Crippen LogP contribution in [0.4, 0.5) is 0 Å². The molecule has 0 aliphatic carbocycles. The van der Waals surface area contributed by atoms with Crippen LogP contribution in [-0.2, 0) is 0 Å². The van der Waals surface area contributed by atoms with Gasteiger partial charge in [0, 0.05) is 8.07 Å². The van der Waals surface area contributed by atoms with Gasteiger partial charge in [-0.2, -0.15) is 16.4 Å². The van der Waals surface area contributed by atoms with Crippen molar-refractivity contribution in [3.63, 3.8) is 0 Å². The third kappa shape index (κ3) is 4.31. The van der Waals surface area contributed by atoms with E-state index in [0.717, 1.165) is 0 Å². The summed E-state index contributed by atoms with van der Waals surface area (Å²) in [5.41, 5.74) is 0. The molecule has 0 radical (unpaired) electrons. The third-order valence-corrected chi connectivity index (χ3v) is 9.70. The van der Waals surface area contributed by atoms with E-state index >= 15 is 0 Å². The van der Waals surface area contributed by atoms with E-state index in [-0.39, 0.29) is 18.9 Å². The van der Waals surface area contributed by atoms with Crippen LogP contribution in [0.1, 0.15) is 0 Å². The molecular weight excluding hydrogens is 259 g/mol. The summed E-state index contributed by atoms with van der Waals surface area (Å²) in [5, 5.41) is 5.16. The molecule has 0 spiro atoms.